The zero-order chi connectivity index (χ0) is 13.2. The monoisotopic (exact) mass is 238 g/mol. The molecule has 0 spiro atoms. The van der Waals surface area contributed by atoms with Crippen LogP contribution in [0.2, 0.25) is 0 Å². The largest absolute Gasteiger partial charge is 0.493 e. The summed E-state index contributed by atoms with van der Waals surface area (Å²) in [4.78, 5) is 18.6. The van der Waals surface area contributed by atoms with Crippen molar-refractivity contribution in [3.05, 3.63) is 21.7 Å². The van der Waals surface area contributed by atoms with Crippen molar-refractivity contribution >= 4 is 0 Å². The first kappa shape index (κ1) is 13.7. The Morgan fingerprint density at radius 3 is 2.35 bits per heavy atom. The van der Waals surface area contributed by atoms with Crippen molar-refractivity contribution in [1.29, 1.82) is 0 Å². The number of hydrogen-bond donors (Lipinski definition) is 2. The first-order chi connectivity index (χ1) is 7.70. The highest BCUT2D eigenvalue weighted by atomic mass is 16.3. The molecule has 1 rings (SSSR count). The van der Waals surface area contributed by atoms with Gasteiger partial charge in [0.25, 0.3) is 5.56 Å². The molecular formula is C13H22N2O2. The number of aryl methyl sites for hydroxylation is 1. The van der Waals surface area contributed by atoms with E-state index in [1.807, 2.05) is 13.8 Å². The van der Waals surface area contributed by atoms with E-state index in [9.17, 15) is 9.90 Å². The maximum atomic E-state index is 11.8. The van der Waals surface area contributed by atoms with Gasteiger partial charge < -0.3 is 10.1 Å². The third-order valence-corrected chi connectivity index (χ3v) is 2.67. The fourth-order valence-electron chi connectivity index (χ4n) is 1.65. The van der Waals surface area contributed by atoms with Gasteiger partial charge in [-0.3, -0.25) is 4.79 Å². The Labute approximate surface area is 102 Å². The second kappa shape index (κ2) is 4.90. The Hall–Kier alpha value is -1.32. The van der Waals surface area contributed by atoms with E-state index in [-0.39, 0.29) is 22.8 Å². The Morgan fingerprint density at radius 1 is 1.35 bits per heavy atom. The van der Waals surface area contributed by atoms with Crippen molar-refractivity contribution in [2.45, 2.75) is 53.4 Å². The molecular weight excluding hydrogens is 216 g/mol. The topological polar surface area (TPSA) is 66.0 Å². The number of hydrogen-bond acceptors (Lipinski definition) is 3. The smallest absolute Gasteiger partial charge is 0.258 e. The molecule has 0 aliphatic heterocycles. The van der Waals surface area contributed by atoms with Crippen molar-refractivity contribution in [2.75, 3.05) is 0 Å². The number of nitrogens with zero attached hydrogens (tertiary/aromatic N) is 1. The van der Waals surface area contributed by atoms with Crippen LogP contribution in [0.15, 0.2) is 4.79 Å². The van der Waals surface area contributed by atoms with Gasteiger partial charge >= 0.3 is 0 Å². The van der Waals surface area contributed by atoms with Crippen LogP contribution in [0.1, 0.15) is 58.3 Å². The Bertz CT molecular complexity index is 442. The van der Waals surface area contributed by atoms with Crippen LogP contribution >= 0.6 is 0 Å². The number of aromatic nitrogens is 2. The van der Waals surface area contributed by atoms with Crippen LogP contribution in [-0.2, 0) is 6.42 Å². The molecule has 0 saturated heterocycles. The Balaban J connectivity index is 2.96. The van der Waals surface area contributed by atoms with E-state index in [0.717, 1.165) is 6.42 Å². The fraction of sp³-hybridized carbons (Fsp3) is 0.692. The quantitative estimate of drug-likeness (QED) is 0.850. The van der Waals surface area contributed by atoms with Crippen molar-refractivity contribution in [1.82, 2.24) is 9.97 Å². The van der Waals surface area contributed by atoms with E-state index in [1.165, 1.54) is 0 Å². The van der Waals surface area contributed by atoms with E-state index >= 15 is 0 Å². The molecule has 1 aromatic rings. The number of H-pyrrole nitrogens is 1. The van der Waals surface area contributed by atoms with Crippen LogP contribution in [0.5, 0.6) is 5.88 Å². The molecule has 0 fully saturated rings. The normalized spacial score (nSPS) is 12.1. The highest BCUT2D eigenvalue weighted by Gasteiger charge is 2.16. The lowest BCUT2D eigenvalue weighted by atomic mass is 9.90. The summed E-state index contributed by atoms with van der Waals surface area (Å²) in [5, 5.41) is 9.74. The third kappa shape index (κ3) is 3.88. The maximum absolute atomic E-state index is 11.8. The molecule has 0 amide bonds. The van der Waals surface area contributed by atoms with Gasteiger partial charge in [0.05, 0.1) is 5.56 Å². The van der Waals surface area contributed by atoms with Crippen LogP contribution in [0.4, 0.5) is 0 Å². The van der Waals surface area contributed by atoms with E-state index < -0.39 is 0 Å². The first-order valence-electron chi connectivity index (χ1n) is 6.03. The first-order valence-corrected chi connectivity index (χ1v) is 6.03. The number of aromatic hydroxyl groups is 1. The van der Waals surface area contributed by atoms with Gasteiger partial charge in [0.1, 0.15) is 5.82 Å². The minimum Gasteiger partial charge on any atom is -0.493 e. The van der Waals surface area contributed by atoms with Crippen molar-refractivity contribution in [3.8, 4) is 5.88 Å². The van der Waals surface area contributed by atoms with E-state index in [2.05, 4.69) is 30.7 Å². The average molecular weight is 238 g/mol. The van der Waals surface area contributed by atoms with Gasteiger partial charge in [0.2, 0.25) is 5.88 Å². The zero-order valence-electron chi connectivity index (χ0n) is 11.3. The second-order valence-electron chi connectivity index (χ2n) is 5.97. The van der Waals surface area contributed by atoms with Crippen LogP contribution in [0.3, 0.4) is 0 Å². The zero-order valence-corrected chi connectivity index (χ0v) is 11.3. The van der Waals surface area contributed by atoms with Gasteiger partial charge in [0.15, 0.2) is 0 Å². The van der Waals surface area contributed by atoms with Gasteiger partial charge in [-0.05, 0) is 17.8 Å². The summed E-state index contributed by atoms with van der Waals surface area (Å²) >= 11 is 0. The summed E-state index contributed by atoms with van der Waals surface area (Å²) in [6.07, 6.45) is 1.58. The number of rotatable bonds is 3. The molecule has 0 aromatic carbocycles. The highest BCUT2D eigenvalue weighted by Crippen LogP contribution is 2.22. The van der Waals surface area contributed by atoms with E-state index in [4.69, 9.17) is 0 Å². The summed E-state index contributed by atoms with van der Waals surface area (Å²) in [5.74, 6) is 0.405. The lowest BCUT2D eigenvalue weighted by molar-refractivity contribution is 0.370. The molecule has 17 heavy (non-hydrogen) atoms. The summed E-state index contributed by atoms with van der Waals surface area (Å²) in [6, 6.07) is 0. The minimum absolute atomic E-state index is 0.0251. The van der Waals surface area contributed by atoms with Crippen LogP contribution in [0.25, 0.3) is 0 Å². The van der Waals surface area contributed by atoms with E-state index in [1.54, 1.807) is 0 Å². The Morgan fingerprint density at radius 2 is 1.94 bits per heavy atom. The van der Waals surface area contributed by atoms with Crippen LogP contribution in [0, 0.1) is 5.41 Å². The molecule has 96 valence electrons. The maximum Gasteiger partial charge on any atom is 0.258 e. The summed E-state index contributed by atoms with van der Waals surface area (Å²) < 4.78 is 0. The van der Waals surface area contributed by atoms with Crippen molar-refractivity contribution in [3.63, 3.8) is 0 Å². The van der Waals surface area contributed by atoms with Crippen molar-refractivity contribution in [2.24, 2.45) is 5.41 Å². The lowest BCUT2D eigenvalue weighted by Gasteiger charge is -2.17. The molecule has 0 radical (unpaired) electrons. The molecule has 2 N–H and O–H groups in total. The summed E-state index contributed by atoms with van der Waals surface area (Å²) in [5.41, 5.74) is 0.325. The molecule has 0 atom stereocenters. The number of nitrogens with one attached hydrogen (secondary N) is 1. The number of aromatic amines is 1. The third-order valence-electron chi connectivity index (χ3n) is 2.67. The van der Waals surface area contributed by atoms with Gasteiger partial charge in [0, 0.05) is 6.42 Å². The SMILES string of the molecule is CC(C)c1c(O)nc(CCC(C)(C)C)[nH]c1=O. The fourth-order valence-corrected chi connectivity index (χ4v) is 1.65. The van der Waals surface area contributed by atoms with Gasteiger partial charge in [-0.15, -0.1) is 0 Å². The lowest BCUT2D eigenvalue weighted by Crippen LogP contribution is -2.19. The Kier molecular flexibility index (Phi) is 3.96. The van der Waals surface area contributed by atoms with Gasteiger partial charge in [-0.2, -0.15) is 0 Å². The summed E-state index contributed by atoms with van der Waals surface area (Å²) in [7, 11) is 0. The molecule has 0 aliphatic carbocycles. The standard InChI is InChI=1S/C13H22N2O2/c1-8(2)10-11(16)14-9(15-12(10)17)6-7-13(3,4)5/h8H,6-7H2,1-5H3,(H2,14,15,16,17). The predicted octanol–water partition coefficient (Wildman–Crippen LogP) is 2.58. The van der Waals surface area contributed by atoms with E-state index in [0.29, 0.717) is 17.8 Å². The molecule has 1 aromatic heterocycles. The molecule has 4 heteroatoms. The molecule has 1 heterocycles. The van der Waals surface area contributed by atoms with Gasteiger partial charge in [-0.25, -0.2) is 4.98 Å². The summed E-state index contributed by atoms with van der Waals surface area (Å²) in [6.45, 7) is 10.1. The predicted molar refractivity (Wildman–Crippen MR) is 68.4 cm³/mol. The molecule has 0 saturated carbocycles. The van der Waals surface area contributed by atoms with Crippen LogP contribution in [-0.4, -0.2) is 15.1 Å². The van der Waals surface area contributed by atoms with Gasteiger partial charge in [-0.1, -0.05) is 34.6 Å². The molecule has 0 aliphatic rings. The molecule has 4 nitrogen and oxygen atoms in total. The van der Waals surface area contributed by atoms with Crippen LogP contribution < -0.4 is 5.56 Å². The molecule has 0 unspecified atom stereocenters. The van der Waals surface area contributed by atoms with Crippen molar-refractivity contribution < 1.29 is 5.11 Å². The highest BCUT2D eigenvalue weighted by molar-refractivity contribution is 5.25. The average Bonchev–Trinajstić information content (AvgIpc) is 2.11. The second-order valence-corrected chi connectivity index (χ2v) is 5.97. The molecule has 0 bridgehead atoms. The minimum atomic E-state index is -0.226.